The number of rotatable bonds is 2. The van der Waals surface area contributed by atoms with Gasteiger partial charge in [0.15, 0.2) is 11.6 Å². The van der Waals surface area contributed by atoms with E-state index in [4.69, 9.17) is 5.11 Å². The van der Waals surface area contributed by atoms with Crippen LogP contribution in [0.1, 0.15) is 23.7 Å². The summed E-state index contributed by atoms with van der Waals surface area (Å²) in [5.41, 5.74) is -0.978. The first kappa shape index (κ1) is 15.3. The molecule has 1 heterocycles. The fourth-order valence-corrected chi connectivity index (χ4v) is 2.58. The molecule has 1 aromatic rings. The molecular weight excluding hydrogens is 287 g/mol. The number of piperidine rings is 1. The van der Waals surface area contributed by atoms with Crippen molar-refractivity contribution in [2.24, 2.45) is 11.8 Å². The van der Waals surface area contributed by atoms with E-state index in [-0.39, 0.29) is 19.0 Å². The summed E-state index contributed by atoms with van der Waals surface area (Å²) in [6, 6.07) is 1.27. The Kier molecular flexibility index (Phi) is 4.20. The van der Waals surface area contributed by atoms with Crippen molar-refractivity contribution in [1.29, 1.82) is 0 Å². The molecule has 2 atom stereocenters. The lowest BCUT2D eigenvalue weighted by Crippen LogP contribution is -2.46. The SMILES string of the molecule is CC1CC(C(=O)O)CN(C(=O)c2c(F)ccc(F)c2F)C1. The highest BCUT2D eigenvalue weighted by Crippen LogP contribution is 2.25. The number of likely N-dealkylation sites (tertiary alicyclic amines) is 1. The van der Waals surface area contributed by atoms with Gasteiger partial charge in [0.25, 0.3) is 5.91 Å². The largest absolute Gasteiger partial charge is 0.481 e. The highest BCUT2D eigenvalue weighted by atomic mass is 19.2. The number of aliphatic carboxylic acids is 1. The van der Waals surface area contributed by atoms with Crippen LogP contribution in [0.5, 0.6) is 0 Å². The maximum atomic E-state index is 13.6. The Hall–Kier alpha value is -2.05. The molecule has 1 fully saturated rings. The van der Waals surface area contributed by atoms with Gasteiger partial charge >= 0.3 is 5.97 Å². The summed E-state index contributed by atoms with van der Waals surface area (Å²) < 4.78 is 40.4. The number of carboxylic acids is 1. The quantitative estimate of drug-likeness (QED) is 0.853. The van der Waals surface area contributed by atoms with Crippen LogP contribution < -0.4 is 0 Å². The van der Waals surface area contributed by atoms with Gasteiger partial charge in [0.1, 0.15) is 11.4 Å². The van der Waals surface area contributed by atoms with Crippen LogP contribution in [0.2, 0.25) is 0 Å². The lowest BCUT2D eigenvalue weighted by atomic mass is 9.90. The fourth-order valence-electron chi connectivity index (χ4n) is 2.58. The van der Waals surface area contributed by atoms with Crippen LogP contribution >= 0.6 is 0 Å². The van der Waals surface area contributed by atoms with Gasteiger partial charge in [0.05, 0.1) is 5.92 Å². The number of halogens is 3. The predicted octanol–water partition coefficient (Wildman–Crippen LogP) is 2.29. The average Bonchev–Trinajstić information content (AvgIpc) is 2.42. The molecule has 1 N–H and O–H groups in total. The van der Waals surface area contributed by atoms with Crippen LogP contribution in [0.3, 0.4) is 0 Å². The van der Waals surface area contributed by atoms with Crippen molar-refractivity contribution in [2.75, 3.05) is 13.1 Å². The first-order chi connectivity index (χ1) is 9.81. The van der Waals surface area contributed by atoms with Crippen molar-refractivity contribution in [1.82, 2.24) is 4.90 Å². The van der Waals surface area contributed by atoms with Gasteiger partial charge in [-0.3, -0.25) is 9.59 Å². The van der Waals surface area contributed by atoms with Crippen molar-refractivity contribution < 1.29 is 27.9 Å². The molecule has 21 heavy (non-hydrogen) atoms. The molecule has 0 saturated carbocycles. The molecule has 114 valence electrons. The summed E-state index contributed by atoms with van der Waals surface area (Å²) in [4.78, 5) is 24.3. The molecule has 0 bridgehead atoms. The third-order valence-electron chi connectivity index (χ3n) is 3.55. The summed E-state index contributed by atoms with van der Waals surface area (Å²) in [7, 11) is 0. The minimum Gasteiger partial charge on any atom is -0.481 e. The van der Waals surface area contributed by atoms with Crippen LogP contribution in [0.4, 0.5) is 13.2 Å². The van der Waals surface area contributed by atoms with Crippen LogP contribution in [0.25, 0.3) is 0 Å². The average molecular weight is 301 g/mol. The topological polar surface area (TPSA) is 57.6 Å². The van der Waals surface area contributed by atoms with E-state index in [1.54, 1.807) is 6.92 Å². The molecule has 0 aromatic heterocycles. The molecular formula is C14H14F3NO3. The summed E-state index contributed by atoms with van der Waals surface area (Å²) in [5.74, 6) is -7.05. The van der Waals surface area contributed by atoms with Crippen LogP contribution in [0.15, 0.2) is 12.1 Å². The number of hydrogen-bond donors (Lipinski definition) is 1. The van der Waals surface area contributed by atoms with Crippen molar-refractivity contribution in [2.45, 2.75) is 13.3 Å². The second-order valence-electron chi connectivity index (χ2n) is 5.30. The van der Waals surface area contributed by atoms with Crippen LogP contribution in [-0.4, -0.2) is 35.0 Å². The van der Waals surface area contributed by atoms with Gasteiger partial charge in [0.2, 0.25) is 0 Å². The molecule has 1 saturated heterocycles. The maximum Gasteiger partial charge on any atom is 0.308 e. The molecule has 2 unspecified atom stereocenters. The van der Waals surface area contributed by atoms with Crippen molar-refractivity contribution >= 4 is 11.9 Å². The minimum absolute atomic E-state index is 0.122. The standard InChI is InChI=1S/C14H14F3NO3/c1-7-4-8(14(20)21)6-18(5-7)13(19)11-9(15)2-3-10(16)12(11)17/h2-3,7-8H,4-6H2,1H3,(H,20,21). The fraction of sp³-hybridized carbons (Fsp3) is 0.429. The van der Waals surface area contributed by atoms with E-state index in [1.807, 2.05) is 0 Å². The van der Waals surface area contributed by atoms with Gasteiger partial charge in [-0.25, -0.2) is 13.2 Å². The summed E-state index contributed by atoms with van der Waals surface area (Å²) in [6.45, 7) is 1.78. The summed E-state index contributed by atoms with van der Waals surface area (Å²) >= 11 is 0. The number of benzene rings is 1. The minimum atomic E-state index is -1.55. The molecule has 2 rings (SSSR count). The van der Waals surface area contributed by atoms with E-state index >= 15 is 0 Å². The van der Waals surface area contributed by atoms with Gasteiger partial charge in [-0.2, -0.15) is 0 Å². The zero-order valence-electron chi connectivity index (χ0n) is 11.3. The van der Waals surface area contributed by atoms with Gasteiger partial charge in [0, 0.05) is 13.1 Å². The first-order valence-corrected chi connectivity index (χ1v) is 6.46. The first-order valence-electron chi connectivity index (χ1n) is 6.46. The van der Waals surface area contributed by atoms with Crippen LogP contribution in [-0.2, 0) is 4.79 Å². The molecule has 0 aliphatic carbocycles. The van der Waals surface area contributed by atoms with E-state index < -0.39 is 40.8 Å². The zero-order valence-corrected chi connectivity index (χ0v) is 11.3. The summed E-state index contributed by atoms with van der Waals surface area (Å²) in [5, 5.41) is 9.03. The monoisotopic (exact) mass is 301 g/mol. The molecule has 1 amide bonds. The highest BCUT2D eigenvalue weighted by molar-refractivity contribution is 5.95. The van der Waals surface area contributed by atoms with Crippen molar-refractivity contribution in [3.63, 3.8) is 0 Å². The van der Waals surface area contributed by atoms with E-state index in [0.717, 1.165) is 4.90 Å². The van der Waals surface area contributed by atoms with Crippen molar-refractivity contribution in [3.05, 3.63) is 35.1 Å². The number of hydrogen-bond acceptors (Lipinski definition) is 2. The zero-order chi connectivity index (χ0) is 15.7. The van der Waals surface area contributed by atoms with Gasteiger partial charge in [-0.15, -0.1) is 0 Å². The molecule has 1 aliphatic rings. The predicted molar refractivity (Wildman–Crippen MR) is 67.1 cm³/mol. The Morgan fingerprint density at radius 1 is 1.19 bits per heavy atom. The second-order valence-corrected chi connectivity index (χ2v) is 5.30. The molecule has 0 radical (unpaired) electrons. The Bertz CT molecular complexity index is 591. The molecule has 0 spiro atoms. The van der Waals surface area contributed by atoms with Gasteiger partial charge in [-0.1, -0.05) is 6.92 Å². The lowest BCUT2D eigenvalue weighted by Gasteiger charge is -2.34. The van der Waals surface area contributed by atoms with Gasteiger partial charge < -0.3 is 10.0 Å². The number of nitrogens with zero attached hydrogens (tertiary/aromatic N) is 1. The Morgan fingerprint density at radius 3 is 2.43 bits per heavy atom. The third-order valence-corrected chi connectivity index (χ3v) is 3.55. The molecule has 7 heteroatoms. The Morgan fingerprint density at radius 2 is 1.81 bits per heavy atom. The van der Waals surface area contributed by atoms with E-state index in [1.165, 1.54) is 0 Å². The highest BCUT2D eigenvalue weighted by Gasteiger charge is 2.34. The van der Waals surface area contributed by atoms with E-state index in [9.17, 15) is 22.8 Å². The molecule has 4 nitrogen and oxygen atoms in total. The number of carboxylic acid groups (broad SMARTS) is 1. The smallest absolute Gasteiger partial charge is 0.308 e. The second kappa shape index (κ2) is 5.75. The van der Waals surface area contributed by atoms with E-state index in [2.05, 4.69) is 0 Å². The van der Waals surface area contributed by atoms with Gasteiger partial charge in [-0.05, 0) is 24.5 Å². The molecule has 1 aliphatic heterocycles. The number of carbonyl (C=O) groups excluding carboxylic acids is 1. The maximum absolute atomic E-state index is 13.6. The van der Waals surface area contributed by atoms with Crippen LogP contribution in [0, 0.1) is 29.3 Å². The Labute approximate surface area is 119 Å². The third kappa shape index (κ3) is 3.01. The molecule has 1 aromatic carbocycles. The lowest BCUT2D eigenvalue weighted by molar-refractivity contribution is -0.143. The summed E-state index contributed by atoms with van der Waals surface area (Å²) in [6.07, 6.45) is 0.382. The Balaban J connectivity index is 2.31. The number of amides is 1. The number of carbonyl (C=O) groups is 2. The van der Waals surface area contributed by atoms with Crippen molar-refractivity contribution in [3.8, 4) is 0 Å². The van der Waals surface area contributed by atoms with E-state index in [0.29, 0.717) is 18.6 Å². The normalized spacial score (nSPS) is 22.2.